The largest absolute Gasteiger partial charge is 0.326 e. The Morgan fingerprint density at radius 3 is 2.65 bits per heavy atom. The van der Waals surface area contributed by atoms with Gasteiger partial charge < -0.3 is 5.73 Å². The van der Waals surface area contributed by atoms with E-state index in [4.69, 9.17) is 17.3 Å². The summed E-state index contributed by atoms with van der Waals surface area (Å²) in [7, 11) is 0. The van der Waals surface area contributed by atoms with Crippen LogP contribution in [0.15, 0.2) is 12.1 Å². The number of rotatable bonds is 5. The second-order valence-electron chi connectivity index (χ2n) is 5.63. The van der Waals surface area contributed by atoms with Crippen LogP contribution < -0.4 is 5.73 Å². The molecule has 1 aliphatic rings. The molecule has 1 aromatic rings. The minimum absolute atomic E-state index is 0.171. The van der Waals surface area contributed by atoms with Gasteiger partial charge in [-0.1, -0.05) is 25.4 Å². The molecule has 1 aromatic heterocycles. The fourth-order valence-electron chi connectivity index (χ4n) is 3.12. The van der Waals surface area contributed by atoms with Crippen molar-refractivity contribution in [1.29, 1.82) is 0 Å². The smallest absolute Gasteiger partial charge is 0.0931 e. The predicted octanol–water partition coefficient (Wildman–Crippen LogP) is 3.21. The van der Waals surface area contributed by atoms with Gasteiger partial charge in [0, 0.05) is 36.6 Å². The quantitative estimate of drug-likeness (QED) is 0.905. The van der Waals surface area contributed by atoms with Crippen molar-refractivity contribution in [2.75, 3.05) is 26.2 Å². The third kappa shape index (κ3) is 3.55. The second kappa shape index (κ2) is 7.23. The zero-order valence-corrected chi connectivity index (χ0v) is 14.3. The zero-order valence-electron chi connectivity index (χ0n) is 12.7. The Hall–Kier alpha value is -0.130. The van der Waals surface area contributed by atoms with E-state index in [0.29, 0.717) is 12.1 Å². The normalized spacial score (nSPS) is 24.8. The van der Waals surface area contributed by atoms with Crippen LogP contribution >= 0.6 is 22.9 Å². The van der Waals surface area contributed by atoms with Crippen molar-refractivity contribution in [3.63, 3.8) is 0 Å². The van der Waals surface area contributed by atoms with Crippen molar-refractivity contribution < 1.29 is 0 Å². The molecule has 0 aliphatic carbocycles. The van der Waals surface area contributed by atoms with E-state index < -0.39 is 0 Å². The summed E-state index contributed by atoms with van der Waals surface area (Å²) in [5.74, 6) is 0. The molecule has 5 heteroatoms. The fourth-order valence-corrected chi connectivity index (χ4v) is 4.39. The van der Waals surface area contributed by atoms with E-state index in [9.17, 15) is 0 Å². The number of likely N-dealkylation sites (N-methyl/N-ethyl adjacent to an activating group) is 1. The Balaban J connectivity index is 2.16. The third-order valence-corrected chi connectivity index (χ3v) is 5.66. The summed E-state index contributed by atoms with van der Waals surface area (Å²) in [6.07, 6.45) is 0.989. The van der Waals surface area contributed by atoms with E-state index in [-0.39, 0.29) is 6.04 Å². The summed E-state index contributed by atoms with van der Waals surface area (Å²) in [6, 6.07) is 5.20. The molecular weight excluding hydrogens is 290 g/mol. The Labute approximate surface area is 131 Å². The molecule has 0 aromatic carbocycles. The maximum atomic E-state index is 6.41. The highest BCUT2D eigenvalue weighted by molar-refractivity contribution is 7.16. The highest BCUT2D eigenvalue weighted by atomic mass is 35.5. The van der Waals surface area contributed by atoms with Crippen LogP contribution in [0.5, 0.6) is 0 Å². The lowest BCUT2D eigenvalue weighted by Gasteiger charge is -2.44. The monoisotopic (exact) mass is 315 g/mol. The molecule has 3 atom stereocenters. The number of nitrogens with zero attached hydrogens (tertiary/aromatic N) is 2. The van der Waals surface area contributed by atoms with Gasteiger partial charge >= 0.3 is 0 Å². The second-order valence-corrected chi connectivity index (χ2v) is 7.38. The lowest BCUT2D eigenvalue weighted by atomic mass is 10.0. The standard InChI is InChI=1S/C15H26ClN3S/c1-4-12(17)15(13-6-7-14(16)20-13)19-9-8-18(5-2)11(3)10-19/h6-7,11-12,15H,4-5,8-10,17H2,1-3H3. The topological polar surface area (TPSA) is 32.5 Å². The van der Waals surface area contributed by atoms with Gasteiger partial charge in [0.05, 0.1) is 10.4 Å². The number of hydrogen-bond acceptors (Lipinski definition) is 4. The molecule has 3 nitrogen and oxygen atoms in total. The minimum Gasteiger partial charge on any atom is -0.326 e. The molecule has 0 saturated carbocycles. The number of hydrogen-bond donors (Lipinski definition) is 1. The molecule has 0 amide bonds. The first kappa shape index (κ1) is 16.2. The molecule has 2 heterocycles. The van der Waals surface area contributed by atoms with Crippen LogP contribution in [0.3, 0.4) is 0 Å². The lowest BCUT2D eigenvalue weighted by molar-refractivity contribution is 0.0504. The first-order valence-corrected chi connectivity index (χ1v) is 8.75. The first-order chi connectivity index (χ1) is 9.56. The van der Waals surface area contributed by atoms with Crippen molar-refractivity contribution in [1.82, 2.24) is 9.80 Å². The maximum Gasteiger partial charge on any atom is 0.0931 e. The van der Waals surface area contributed by atoms with Crippen LogP contribution in [-0.4, -0.2) is 48.1 Å². The number of nitrogens with two attached hydrogens (primary N) is 1. The van der Waals surface area contributed by atoms with E-state index in [2.05, 4.69) is 36.6 Å². The van der Waals surface area contributed by atoms with Crippen molar-refractivity contribution in [2.45, 2.75) is 45.3 Å². The molecule has 0 bridgehead atoms. The zero-order chi connectivity index (χ0) is 14.7. The minimum atomic E-state index is 0.171. The summed E-state index contributed by atoms with van der Waals surface area (Å²) in [5.41, 5.74) is 6.41. The Morgan fingerprint density at radius 2 is 2.15 bits per heavy atom. The summed E-state index contributed by atoms with van der Waals surface area (Å²) < 4.78 is 0.855. The van der Waals surface area contributed by atoms with E-state index in [0.717, 1.165) is 36.9 Å². The Morgan fingerprint density at radius 1 is 1.40 bits per heavy atom. The molecule has 1 aliphatic heterocycles. The maximum absolute atomic E-state index is 6.41. The molecule has 0 radical (unpaired) electrons. The molecule has 2 N–H and O–H groups in total. The highest BCUT2D eigenvalue weighted by Gasteiger charge is 2.32. The average molecular weight is 316 g/mol. The van der Waals surface area contributed by atoms with Gasteiger partial charge in [-0.3, -0.25) is 9.80 Å². The summed E-state index contributed by atoms with van der Waals surface area (Å²) in [5, 5.41) is 0. The van der Waals surface area contributed by atoms with Gasteiger partial charge in [-0.2, -0.15) is 0 Å². The van der Waals surface area contributed by atoms with Crippen LogP contribution in [0.1, 0.15) is 38.1 Å². The number of thiophene rings is 1. The molecule has 1 saturated heterocycles. The van der Waals surface area contributed by atoms with Gasteiger partial charge in [-0.15, -0.1) is 11.3 Å². The summed E-state index contributed by atoms with van der Waals surface area (Å²) >= 11 is 7.79. The molecule has 3 unspecified atom stereocenters. The van der Waals surface area contributed by atoms with Gasteiger partial charge in [0.15, 0.2) is 0 Å². The number of piperazine rings is 1. The van der Waals surface area contributed by atoms with Crippen LogP contribution in [0, 0.1) is 0 Å². The van der Waals surface area contributed by atoms with Gasteiger partial charge in [0.1, 0.15) is 0 Å². The van der Waals surface area contributed by atoms with Crippen molar-refractivity contribution >= 4 is 22.9 Å². The van der Waals surface area contributed by atoms with Gasteiger partial charge in [-0.25, -0.2) is 0 Å². The average Bonchev–Trinajstić information content (AvgIpc) is 2.85. The molecule has 1 fully saturated rings. The Kier molecular flexibility index (Phi) is 5.87. The molecule has 2 rings (SSSR count). The first-order valence-electron chi connectivity index (χ1n) is 7.55. The van der Waals surface area contributed by atoms with E-state index in [1.165, 1.54) is 4.88 Å². The molecule has 20 heavy (non-hydrogen) atoms. The van der Waals surface area contributed by atoms with Gasteiger partial charge in [0.25, 0.3) is 0 Å². The summed E-state index contributed by atoms with van der Waals surface area (Å²) in [6.45, 7) is 11.1. The molecule has 114 valence electrons. The highest BCUT2D eigenvalue weighted by Crippen LogP contribution is 2.34. The van der Waals surface area contributed by atoms with E-state index in [1.54, 1.807) is 11.3 Å². The van der Waals surface area contributed by atoms with Crippen LogP contribution in [0.25, 0.3) is 0 Å². The van der Waals surface area contributed by atoms with Crippen LogP contribution in [-0.2, 0) is 0 Å². The predicted molar refractivity (Wildman–Crippen MR) is 88.6 cm³/mol. The van der Waals surface area contributed by atoms with Crippen molar-refractivity contribution in [3.05, 3.63) is 21.3 Å². The summed E-state index contributed by atoms with van der Waals surface area (Å²) in [4.78, 5) is 6.39. The van der Waals surface area contributed by atoms with Gasteiger partial charge in [0.2, 0.25) is 0 Å². The third-order valence-electron chi connectivity index (χ3n) is 4.36. The van der Waals surface area contributed by atoms with Crippen LogP contribution in [0.4, 0.5) is 0 Å². The Bertz CT molecular complexity index is 423. The SMILES string of the molecule is CCC(N)C(c1ccc(Cl)s1)N1CCN(CC)C(C)C1. The van der Waals surface area contributed by atoms with Crippen molar-refractivity contribution in [2.24, 2.45) is 5.73 Å². The van der Waals surface area contributed by atoms with E-state index in [1.807, 2.05) is 6.07 Å². The lowest BCUT2D eigenvalue weighted by Crippen LogP contribution is -2.55. The number of halogens is 1. The molecular formula is C15H26ClN3S. The van der Waals surface area contributed by atoms with E-state index >= 15 is 0 Å². The fraction of sp³-hybridized carbons (Fsp3) is 0.733. The van der Waals surface area contributed by atoms with Crippen molar-refractivity contribution in [3.8, 4) is 0 Å². The van der Waals surface area contributed by atoms with Crippen LogP contribution in [0.2, 0.25) is 4.34 Å². The van der Waals surface area contributed by atoms with Gasteiger partial charge in [-0.05, 0) is 32.0 Å². The molecule has 0 spiro atoms.